The van der Waals surface area contributed by atoms with Crippen LogP contribution in [0.2, 0.25) is 10.0 Å². The second kappa shape index (κ2) is 12.0. The number of H-pyrrole nitrogens is 1. The maximum absolute atomic E-state index is 12.7. The van der Waals surface area contributed by atoms with Crippen LogP contribution >= 0.6 is 23.2 Å². The summed E-state index contributed by atoms with van der Waals surface area (Å²) in [6, 6.07) is 8.14. The van der Waals surface area contributed by atoms with Gasteiger partial charge in [-0.25, -0.2) is 4.79 Å². The summed E-state index contributed by atoms with van der Waals surface area (Å²) in [6.07, 6.45) is 6.53. The molecule has 0 saturated heterocycles. The van der Waals surface area contributed by atoms with Crippen molar-refractivity contribution in [2.75, 3.05) is 6.54 Å². The molecule has 35 heavy (non-hydrogen) atoms. The van der Waals surface area contributed by atoms with Crippen molar-refractivity contribution in [1.29, 1.82) is 0 Å². The van der Waals surface area contributed by atoms with Crippen LogP contribution in [0.5, 0.6) is 0 Å². The Morgan fingerprint density at radius 1 is 1.09 bits per heavy atom. The van der Waals surface area contributed by atoms with Crippen LogP contribution in [-0.2, 0) is 16.0 Å². The second-order valence-electron chi connectivity index (χ2n) is 7.41. The van der Waals surface area contributed by atoms with E-state index in [1.165, 1.54) is 30.5 Å². The molecule has 2 heterocycles. The quantitative estimate of drug-likeness (QED) is 0.285. The molecule has 2 aromatic heterocycles. The van der Waals surface area contributed by atoms with Crippen LogP contribution in [0, 0.1) is 0 Å². The van der Waals surface area contributed by atoms with E-state index in [0.717, 1.165) is 0 Å². The van der Waals surface area contributed by atoms with Crippen molar-refractivity contribution in [3.8, 4) is 0 Å². The molecule has 182 valence electrons. The molecule has 0 bridgehead atoms. The molecule has 4 N–H and O–H groups in total. The van der Waals surface area contributed by atoms with Gasteiger partial charge in [0, 0.05) is 19.2 Å². The Hall–Kier alpha value is -3.82. The van der Waals surface area contributed by atoms with E-state index < -0.39 is 23.8 Å². The molecule has 0 spiro atoms. The molecule has 2 amide bonds. The maximum atomic E-state index is 12.7. The van der Waals surface area contributed by atoms with Crippen molar-refractivity contribution < 1.29 is 28.7 Å². The molecule has 11 heteroatoms. The Kier molecular flexibility index (Phi) is 8.88. The minimum absolute atomic E-state index is 0.00290. The lowest BCUT2D eigenvalue weighted by Gasteiger charge is -2.17. The van der Waals surface area contributed by atoms with E-state index in [0.29, 0.717) is 17.7 Å². The number of nitrogens with one attached hydrogen (secondary N) is 3. The standard InChI is InChI=1S/C24H21Cl2N3O6/c25-17-11-14(5-6-15(30)7-8-16-3-2-10-35-16)12-18(26)21(17)23(32)29-20(24(33)34)13-28-22(31)19-4-1-9-27-19/h1-4,7-12,20,27H,5-6,13H2,(H,28,31)(H,29,32)(H,33,34)/b8-7+/t20-/m0/s1. The van der Waals surface area contributed by atoms with Crippen molar-refractivity contribution >= 4 is 52.8 Å². The molecular weight excluding hydrogens is 497 g/mol. The van der Waals surface area contributed by atoms with E-state index >= 15 is 0 Å². The van der Waals surface area contributed by atoms with Gasteiger partial charge < -0.3 is 25.1 Å². The van der Waals surface area contributed by atoms with Gasteiger partial charge in [0.05, 0.1) is 21.9 Å². The number of carboxylic acids is 1. The van der Waals surface area contributed by atoms with Gasteiger partial charge in [0.15, 0.2) is 5.78 Å². The number of benzene rings is 1. The fourth-order valence-electron chi connectivity index (χ4n) is 3.09. The Balaban J connectivity index is 1.60. The zero-order valence-electron chi connectivity index (χ0n) is 18.2. The van der Waals surface area contributed by atoms with Gasteiger partial charge in [-0.2, -0.15) is 0 Å². The van der Waals surface area contributed by atoms with Crippen molar-refractivity contribution in [3.05, 3.63) is 87.6 Å². The molecule has 0 aliphatic heterocycles. The van der Waals surface area contributed by atoms with Crippen LogP contribution in [0.1, 0.15) is 38.6 Å². The lowest BCUT2D eigenvalue weighted by Crippen LogP contribution is -2.48. The monoisotopic (exact) mass is 517 g/mol. The number of aryl methyl sites for hydroxylation is 1. The first-order chi connectivity index (χ1) is 16.7. The van der Waals surface area contributed by atoms with Gasteiger partial charge in [0.25, 0.3) is 11.8 Å². The normalized spacial score (nSPS) is 11.8. The summed E-state index contributed by atoms with van der Waals surface area (Å²) in [5, 5.41) is 14.2. The summed E-state index contributed by atoms with van der Waals surface area (Å²) in [5.41, 5.74) is 0.768. The lowest BCUT2D eigenvalue weighted by molar-refractivity contribution is -0.139. The number of aromatic nitrogens is 1. The number of ketones is 1. The summed E-state index contributed by atoms with van der Waals surface area (Å²) < 4.78 is 5.13. The highest BCUT2D eigenvalue weighted by molar-refractivity contribution is 6.39. The number of aromatic amines is 1. The zero-order chi connectivity index (χ0) is 25.4. The average molecular weight is 518 g/mol. The van der Waals surface area contributed by atoms with Crippen LogP contribution in [0.4, 0.5) is 0 Å². The molecule has 0 aliphatic carbocycles. The first-order valence-corrected chi connectivity index (χ1v) is 11.2. The van der Waals surface area contributed by atoms with E-state index in [4.69, 9.17) is 27.6 Å². The largest absolute Gasteiger partial charge is 0.480 e. The molecule has 1 atom stereocenters. The SMILES string of the molecule is O=C(/C=C/c1ccco1)CCc1cc(Cl)c(C(=O)N[C@@H](CNC(=O)c2ccc[nH]2)C(=O)O)c(Cl)c1. The van der Waals surface area contributed by atoms with Gasteiger partial charge in [-0.15, -0.1) is 0 Å². The number of carbonyl (C=O) groups excluding carboxylic acids is 3. The Morgan fingerprint density at radius 3 is 2.43 bits per heavy atom. The molecule has 0 unspecified atom stereocenters. The highest BCUT2D eigenvalue weighted by Gasteiger charge is 2.25. The topological polar surface area (TPSA) is 141 Å². The number of hydrogen-bond acceptors (Lipinski definition) is 5. The van der Waals surface area contributed by atoms with Crippen molar-refractivity contribution in [2.24, 2.45) is 0 Å². The van der Waals surface area contributed by atoms with Crippen molar-refractivity contribution in [2.45, 2.75) is 18.9 Å². The van der Waals surface area contributed by atoms with E-state index in [-0.39, 0.29) is 40.1 Å². The molecule has 9 nitrogen and oxygen atoms in total. The molecule has 3 rings (SSSR count). The number of allylic oxidation sites excluding steroid dienone is 1. The fourth-order valence-corrected chi connectivity index (χ4v) is 3.79. The van der Waals surface area contributed by atoms with Gasteiger partial charge >= 0.3 is 5.97 Å². The molecule has 1 aromatic carbocycles. The molecule has 0 aliphatic rings. The van der Waals surface area contributed by atoms with Gasteiger partial charge in [-0.1, -0.05) is 23.2 Å². The van der Waals surface area contributed by atoms with E-state index in [9.17, 15) is 24.3 Å². The molecule has 0 fully saturated rings. The number of carboxylic acid groups (broad SMARTS) is 1. The third-order valence-corrected chi connectivity index (χ3v) is 5.47. The first-order valence-electron chi connectivity index (χ1n) is 10.4. The average Bonchev–Trinajstić information content (AvgIpc) is 3.52. The summed E-state index contributed by atoms with van der Waals surface area (Å²) >= 11 is 12.5. The van der Waals surface area contributed by atoms with E-state index in [1.807, 2.05) is 0 Å². The number of furan rings is 1. The van der Waals surface area contributed by atoms with Crippen LogP contribution < -0.4 is 10.6 Å². The number of halogens is 2. The first kappa shape index (κ1) is 25.8. The summed E-state index contributed by atoms with van der Waals surface area (Å²) in [6.45, 7) is -0.361. The summed E-state index contributed by atoms with van der Waals surface area (Å²) in [5.74, 6) is -2.27. The highest BCUT2D eigenvalue weighted by atomic mass is 35.5. The smallest absolute Gasteiger partial charge is 0.328 e. The highest BCUT2D eigenvalue weighted by Crippen LogP contribution is 2.27. The third kappa shape index (κ3) is 7.33. The summed E-state index contributed by atoms with van der Waals surface area (Å²) in [4.78, 5) is 51.1. The minimum atomic E-state index is -1.42. The maximum Gasteiger partial charge on any atom is 0.328 e. The lowest BCUT2D eigenvalue weighted by atomic mass is 10.0. The van der Waals surface area contributed by atoms with E-state index in [2.05, 4.69) is 15.6 Å². The Labute approximate surface area is 210 Å². The fraction of sp³-hybridized carbons (Fsp3) is 0.167. The van der Waals surface area contributed by atoms with Gasteiger partial charge in [0.2, 0.25) is 0 Å². The Morgan fingerprint density at radius 2 is 1.83 bits per heavy atom. The van der Waals surface area contributed by atoms with Crippen molar-refractivity contribution in [1.82, 2.24) is 15.6 Å². The third-order valence-electron chi connectivity index (χ3n) is 4.88. The number of aliphatic carboxylic acids is 1. The van der Waals surface area contributed by atoms with Crippen molar-refractivity contribution in [3.63, 3.8) is 0 Å². The second-order valence-corrected chi connectivity index (χ2v) is 8.22. The number of amides is 2. The van der Waals surface area contributed by atoms with Crippen LogP contribution in [-0.4, -0.2) is 46.2 Å². The van der Waals surface area contributed by atoms with Crippen LogP contribution in [0.3, 0.4) is 0 Å². The number of hydrogen-bond donors (Lipinski definition) is 4. The van der Waals surface area contributed by atoms with Crippen LogP contribution in [0.15, 0.2) is 59.4 Å². The molecule has 0 radical (unpaired) electrons. The van der Waals surface area contributed by atoms with Gasteiger partial charge in [0.1, 0.15) is 17.5 Å². The van der Waals surface area contributed by atoms with Gasteiger partial charge in [-0.3, -0.25) is 14.4 Å². The minimum Gasteiger partial charge on any atom is -0.480 e. The zero-order valence-corrected chi connectivity index (χ0v) is 19.7. The Bertz CT molecular complexity index is 1210. The molecule has 0 saturated carbocycles. The number of carbonyl (C=O) groups is 4. The molecular formula is C24H21Cl2N3O6. The van der Waals surface area contributed by atoms with Gasteiger partial charge in [-0.05, 0) is 60.5 Å². The predicted molar refractivity (Wildman–Crippen MR) is 130 cm³/mol. The summed E-state index contributed by atoms with van der Waals surface area (Å²) in [7, 11) is 0. The molecule has 3 aromatic rings. The number of rotatable bonds is 11. The predicted octanol–water partition coefficient (Wildman–Crippen LogP) is 3.74. The van der Waals surface area contributed by atoms with E-state index in [1.54, 1.807) is 30.5 Å². The van der Waals surface area contributed by atoms with Crippen LogP contribution in [0.25, 0.3) is 6.08 Å².